The molecule has 0 saturated carbocycles. The molecule has 0 spiro atoms. The van der Waals surface area contributed by atoms with Crippen molar-refractivity contribution < 1.29 is 33.3 Å². The van der Waals surface area contributed by atoms with Crippen LogP contribution < -0.4 is 19.5 Å². The van der Waals surface area contributed by atoms with Gasteiger partial charge in [0.1, 0.15) is 17.2 Å². The quantitative estimate of drug-likeness (QED) is 0.691. The maximum absolute atomic E-state index is 12.1. The molecule has 148 valence electrons. The van der Waals surface area contributed by atoms with Gasteiger partial charge in [-0.25, -0.2) is 4.79 Å². The fourth-order valence-electron chi connectivity index (χ4n) is 2.22. The lowest BCUT2D eigenvalue weighted by Gasteiger charge is -2.14. The molecule has 0 aromatic heterocycles. The number of imide groups is 1. The molecule has 0 saturated heterocycles. The van der Waals surface area contributed by atoms with Gasteiger partial charge in [-0.3, -0.25) is 14.9 Å². The molecule has 2 aromatic carbocycles. The predicted molar refractivity (Wildman–Crippen MR) is 99.5 cm³/mol. The lowest BCUT2D eigenvalue weighted by atomic mass is 10.2. The Bertz CT molecular complexity index is 833. The van der Waals surface area contributed by atoms with Crippen molar-refractivity contribution >= 4 is 17.8 Å². The van der Waals surface area contributed by atoms with E-state index < -0.39 is 30.5 Å². The van der Waals surface area contributed by atoms with Crippen LogP contribution >= 0.6 is 0 Å². The summed E-state index contributed by atoms with van der Waals surface area (Å²) in [7, 11) is 2.96. The van der Waals surface area contributed by atoms with Gasteiger partial charge in [0, 0.05) is 0 Å². The van der Waals surface area contributed by atoms with Crippen LogP contribution in [0.2, 0.25) is 0 Å². The number of esters is 1. The van der Waals surface area contributed by atoms with Crippen LogP contribution in [0.3, 0.4) is 0 Å². The number of carbonyl (C=O) groups excluding carboxylic acids is 3. The van der Waals surface area contributed by atoms with Crippen LogP contribution in [0.15, 0.2) is 48.5 Å². The number of benzene rings is 2. The first-order chi connectivity index (χ1) is 13.4. The molecule has 0 bridgehead atoms. The largest absolute Gasteiger partial charge is 0.497 e. The van der Waals surface area contributed by atoms with Crippen molar-refractivity contribution in [1.82, 2.24) is 5.32 Å². The van der Waals surface area contributed by atoms with E-state index in [9.17, 15) is 14.4 Å². The smallest absolute Gasteiger partial charge is 0.347 e. The van der Waals surface area contributed by atoms with E-state index >= 15 is 0 Å². The van der Waals surface area contributed by atoms with Gasteiger partial charge >= 0.3 is 5.97 Å². The second-order valence-electron chi connectivity index (χ2n) is 5.62. The van der Waals surface area contributed by atoms with Gasteiger partial charge in [0.15, 0.2) is 12.7 Å². The summed E-state index contributed by atoms with van der Waals surface area (Å²) in [6, 6.07) is 13.1. The zero-order valence-corrected chi connectivity index (χ0v) is 15.8. The fourth-order valence-corrected chi connectivity index (χ4v) is 2.22. The normalized spacial score (nSPS) is 11.1. The van der Waals surface area contributed by atoms with Crippen LogP contribution in [-0.2, 0) is 14.3 Å². The second kappa shape index (κ2) is 9.96. The van der Waals surface area contributed by atoms with Gasteiger partial charge in [-0.1, -0.05) is 12.1 Å². The summed E-state index contributed by atoms with van der Waals surface area (Å²) in [4.78, 5) is 36.0. The Kier molecular flexibility index (Phi) is 7.38. The lowest BCUT2D eigenvalue weighted by Crippen LogP contribution is -2.36. The van der Waals surface area contributed by atoms with Gasteiger partial charge in [0.2, 0.25) is 0 Å². The molecule has 8 heteroatoms. The topological polar surface area (TPSA) is 100 Å². The first-order valence-electron chi connectivity index (χ1n) is 8.39. The van der Waals surface area contributed by atoms with Crippen molar-refractivity contribution in [2.75, 3.05) is 20.8 Å². The first-order valence-corrected chi connectivity index (χ1v) is 8.39. The Labute approximate surface area is 162 Å². The second-order valence-corrected chi connectivity index (χ2v) is 5.62. The minimum absolute atomic E-state index is 0.195. The van der Waals surface area contributed by atoms with E-state index in [2.05, 4.69) is 5.32 Å². The molecule has 0 aliphatic rings. The van der Waals surface area contributed by atoms with Crippen LogP contribution in [0.4, 0.5) is 0 Å². The molecule has 0 heterocycles. The van der Waals surface area contributed by atoms with Gasteiger partial charge in [-0.15, -0.1) is 0 Å². The summed E-state index contributed by atoms with van der Waals surface area (Å²) >= 11 is 0. The number of nitrogens with one attached hydrogen (secondary N) is 1. The predicted octanol–water partition coefficient (Wildman–Crippen LogP) is 1.97. The van der Waals surface area contributed by atoms with Crippen LogP contribution in [0.25, 0.3) is 0 Å². The Morgan fingerprint density at radius 1 is 0.929 bits per heavy atom. The highest BCUT2D eigenvalue weighted by atomic mass is 16.6. The zero-order valence-electron chi connectivity index (χ0n) is 15.8. The number of hydrogen-bond acceptors (Lipinski definition) is 7. The highest BCUT2D eigenvalue weighted by Gasteiger charge is 2.20. The molecule has 0 aliphatic heterocycles. The van der Waals surface area contributed by atoms with E-state index in [1.54, 1.807) is 49.6 Å². The Morgan fingerprint density at radius 2 is 1.57 bits per heavy atom. The standard InChI is InChI=1S/C20H21NO7/c1-13(28-15-10-8-14(25-2)9-11-15)20(24)27-12-18(22)21-19(23)16-6-4-5-7-17(16)26-3/h4-11,13H,12H2,1-3H3,(H,21,22,23). The summed E-state index contributed by atoms with van der Waals surface area (Å²) in [6.45, 7) is 0.875. The van der Waals surface area contributed by atoms with Gasteiger partial charge in [0.05, 0.1) is 19.8 Å². The van der Waals surface area contributed by atoms with E-state index in [-0.39, 0.29) is 5.56 Å². The van der Waals surface area contributed by atoms with Gasteiger partial charge in [0.25, 0.3) is 11.8 Å². The first kappa shape index (κ1) is 20.8. The SMILES string of the molecule is COc1ccc(OC(C)C(=O)OCC(=O)NC(=O)c2ccccc2OC)cc1. The van der Waals surface area contributed by atoms with E-state index in [0.29, 0.717) is 17.2 Å². The Morgan fingerprint density at radius 3 is 2.21 bits per heavy atom. The minimum atomic E-state index is -0.939. The highest BCUT2D eigenvalue weighted by Crippen LogP contribution is 2.18. The number of methoxy groups -OCH3 is 2. The molecular formula is C20H21NO7. The summed E-state index contributed by atoms with van der Waals surface area (Å²) < 4.78 is 20.4. The molecule has 1 N–H and O–H groups in total. The van der Waals surface area contributed by atoms with Gasteiger partial charge < -0.3 is 18.9 Å². The zero-order chi connectivity index (χ0) is 20.5. The van der Waals surface area contributed by atoms with Crippen LogP contribution in [-0.4, -0.2) is 44.7 Å². The van der Waals surface area contributed by atoms with Crippen molar-refractivity contribution in [3.05, 3.63) is 54.1 Å². The molecule has 1 atom stereocenters. The van der Waals surface area contributed by atoms with Gasteiger partial charge in [-0.05, 0) is 43.3 Å². The third-order valence-electron chi connectivity index (χ3n) is 3.65. The van der Waals surface area contributed by atoms with E-state index in [1.807, 2.05) is 0 Å². The Balaban J connectivity index is 1.82. The fraction of sp³-hybridized carbons (Fsp3) is 0.250. The molecule has 28 heavy (non-hydrogen) atoms. The van der Waals surface area contributed by atoms with Crippen molar-refractivity contribution in [2.24, 2.45) is 0 Å². The van der Waals surface area contributed by atoms with E-state index in [0.717, 1.165) is 0 Å². The number of amides is 2. The van der Waals surface area contributed by atoms with Crippen LogP contribution in [0.1, 0.15) is 17.3 Å². The van der Waals surface area contributed by atoms with E-state index in [1.165, 1.54) is 20.1 Å². The summed E-state index contributed by atoms with van der Waals surface area (Å²) in [6.07, 6.45) is -0.939. The maximum Gasteiger partial charge on any atom is 0.347 e. The average molecular weight is 387 g/mol. The number of ether oxygens (including phenoxy) is 4. The summed E-state index contributed by atoms with van der Waals surface area (Å²) in [5.41, 5.74) is 0.195. The van der Waals surface area contributed by atoms with Crippen LogP contribution in [0, 0.1) is 0 Å². The minimum Gasteiger partial charge on any atom is -0.497 e. The number of hydrogen-bond donors (Lipinski definition) is 1. The Hall–Kier alpha value is -3.55. The van der Waals surface area contributed by atoms with Crippen molar-refractivity contribution in [3.8, 4) is 17.2 Å². The molecular weight excluding hydrogens is 366 g/mol. The maximum atomic E-state index is 12.1. The number of para-hydroxylation sites is 1. The number of carbonyl (C=O) groups is 3. The third kappa shape index (κ3) is 5.73. The van der Waals surface area contributed by atoms with Crippen molar-refractivity contribution in [3.63, 3.8) is 0 Å². The molecule has 8 nitrogen and oxygen atoms in total. The van der Waals surface area contributed by atoms with Crippen LogP contribution in [0.5, 0.6) is 17.2 Å². The van der Waals surface area contributed by atoms with Gasteiger partial charge in [-0.2, -0.15) is 0 Å². The molecule has 0 fully saturated rings. The number of rotatable bonds is 8. The highest BCUT2D eigenvalue weighted by molar-refractivity contribution is 6.06. The lowest BCUT2D eigenvalue weighted by molar-refractivity contribution is -0.154. The van der Waals surface area contributed by atoms with E-state index in [4.69, 9.17) is 18.9 Å². The molecule has 1 unspecified atom stereocenters. The molecule has 2 aromatic rings. The summed E-state index contributed by atoms with van der Waals surface area (Å²) in [5, 5.41) is 2.14. The van der Waals surface area contributed by atoms with Crippen molar-refractivity contribution in [1.29, 1.82) is 0 Å². The molecule has 2 rings (SSSR count). The molecule has 0 aliphatic carbocycles. The average Bonchev–Trinajstić information content (AvgIpc) is 2.72. The third-order valence-corrected chi connectivity index (χ3v) is 3.65. The molecule has 2 amide bonds. The van der Waals surface area contributed by atoms with Crippen molar-refractivity contribution in [2.45, 2.75) is 13.0 Å². The monoisotopic (exact) mass is 387 g/mol. The summed E-state index contributed by atoms with van der Waals surface area (Å²) in [5.74, 6) is -0.732. The molecule has 0 radical (unpaired) electrons.